The highest BCUT2D eigenvalue weighted by Crippen LogP contribution is 2.27. The summed E-state index contributed by atoms with van der Waals surface area (Å²) in [5.74, 6) is 0.630. The van der Waals surface area contributed by atoms with E-state index in [1.165, 1.54) is 69.9 Å². The smallest absolute Gasteiger partial charge is 0.196 e. The Bertz CT molecular complexity index is 1750. The molecule has 0 atom stereocenters. The van der Waals surface area contributed by atoms with Crippen molar-refractivity contribution in [1.82, 2.24) is 0 Å². The standard InChI is InChI=1S/C25H34O3.C20H16O3/c1-2-3-4-5-6-7-8-9-10-14-19-28-22-17-18-23(24(26)20-22)25(27)21-15-12-11-13-16-21;21-19-13-17(23-14-15-7-3-1-4-8-15)11-12-18(19)20(22)16-9-5-2-6-10-16/h11-13,15-18,20,26H,2-10,14,19H2,1H3;1-13,21H,14H2. The van der Waals surface area contributed by atoms with Gasteiger partial charge in [0, 0.05) is 23.3 Å². The Balaban J connectivity index is 0.000000233. The number of phenolic OH excluding ortho intramolecular Hbond substituents is 2. The van der Waals surface area contributed by atoms with Crippen LogP contribution in [0.5, 0.6) is 23.0 Å². The molecule has 0 amide bonds. The van der Waals surface area contributed by atoms with Crippen molar-refractivity contribution in [3.8, 4) is 23.0 Å². The van der Waals surface area contributed by atoms with Gasteiger partial charge in [0.15, 0.2) is 11.6 Å². The molecule has 0 aliphatic carbocycles. The second-order valence-corrected chi connectivity index (χ2v) is 12.6. The molecule has 5 aromatic rings. The van der Waals surface area contributed by atoms with Crippen molar-refractivity contribution in [3.63, 3.8) is 0 Å². The first-order chi connectivity index (χ1) is 25.0. The van der Waals surface area contributed by atoms with Gasteiger partial charge in [-0.25, -0.2) is 0 Å². The van der Waals surface area contributed by atoms with E-state index in [4.69, 9.17) is 9.47 Å². The average Bonchev–Trinajstić information content (AvgIpc) is 3.17. The van der Waals surface area contributed by atoms with Crippen LogP contribution in [-0.4, -0.2) is 28.4 Å². The molecular formula is C45H50O6. The quantitative estimate of drug-likeness (QED) is 0.0663. The molecule has 0 saturated heterocycles. The highest BCUT2D eigenvalue weighted by atomic mass is 16.5. The van der Waals surface area contributed by atoms with Crippen molar-refractivity contribution in [2.45, 2.75) is 77.7 Å². The summed E-state index contributed by atoms with van der Waals surface area (Å²) in [6, 6.07) is 37.3. The van der Waals surface area contributed by atoms with Gasteiger partial charge in [-0.2, -0.15) is 0 Å². The first kappa shape index (κ1) is 38.4. The van der Waals surface area contributed by atoms with E-state index >= 15 is 0 Å². The Morgan fingerprint density at radius 2 is 0.902 bits per heavy atom. The number of unbranched alkanes of at least 4 members (excludes halogenated alkanes) is 9. The zero-order valence-electron chi connectivity index (χ0n) is 29.6. The van der Waals surface area contributed by atoms with Crippen LogP contribution in [-0.2, 0) is 6.61 Å². The van der Waals surface area contributed by atoms with E-state index < -0.39 is 0 Å². The van der Waals surface area contributed by atoms with Crippen LogP contribution in [0.2, 0.25) is 0 Å². The van der Waals surface area contributed by atoms with Crippen molar-refractivity contribution in [1.29, 1.82) is 0 Å². The van der Waals surface area contributed by atoms with Crippen LogP contribution in [0.4, 0.5) is 0 Å². The number of rotatable bonds is 19. The molecule has 0 fully saturated rings. The number of benzene rings is 5. The molecule has 0 aliphatic rings. The largest absolute Gasteiger partial charge is 0.507 e. The SMILES string of the molecule is CCCCCCCCCCCCOc1ccc(C(=O)c2ccccc2)c(O)c1.O=C(c1ccccc1)c1ccc(OCc2ccccc2)cc1O. The molecule has 5 aromatic carbocycles. The fourth-order valence-corrected chi connectivity index (χ4v) is 5.60. The number of carbonyl (C=O) groups excluding carboxylic acids is 2. The van der Waals surface area contributed by atoms with Crippen LogP contribution < -0.4 is 9.47 Å². The van der Waals surface area contributed by atoms with Gasteiger partial charge >= 0.3 is 0 Å². The maximum absolute atomic E-state index is 12.4. The van der Waals surface area contributed by atoms with Gasteiger partial charge in [0.1, 0.15) is 29.6 Å². The van der Waals surface area contributed by atoms with Gasteiger partial charge in [0.05, 0.1) is 17.7 Å². The Kier molecular flexibility index (Phi) is 16.3. The van der Waals surface area contributed by atoms with E-state index in [1.54, 1.807) is 60.7 Å². The highest BCUT2D eigenvalue weighted by Gasteiger charge is 2.15. The van der Waals surface area contributed by atoms with Crippen molar-refractivity contribution >= 4 is 11.6 Å². The Morgan fingerprint density at radius 1 is 0.490 bits per heavy atom. The van der Waals surface area contributed by atoms with E-state index in [0.29, 0.717) is 41.4 Å². The van der Waals surface area contributed by atoms with E-state index in [9.17, 15) is 19.8 Å². The van der Waals surface area contributed by atoms with E-state index in [1.807, 2.05) is 54.6 Å². The van der Waals surface area contributed by atoms with Crippen LogP contribution in [0.1, 0.15) is 109 Å². The molecule has 0 saturated carbocycles. The van der Waals surface area contributed by atoms with Crippen LogP contribution in [0.15, 0.2) is 127 Å². The Labute approximate surface area is 302 Å². The fraction of sp³-hybridized carbons (Fsp3) is 0.289. The predicted molar refractivity (Wildman–Crippen MR) is 204 cm³/mol. The molecule has 6 nitrogen and oxygen atoms in total. The average molecular weight is 687 g/mol. The lowest BCUT2D eigenvalue weighted by molar-refractivity contribution is 0.102. The topological polar surface area (TPSA) is 93.1 Å². The van der Waals surface area contributed by atoms with E-state index in [2.05, 4.69) is 6.92 Å². The molecule has 0 spiro atoms. The van der Waals surface area contributed by atoms with Gasteiger partial charge in [-0.15, -0.1) is 0 Å². The minimum Gasteiger partial charge on any atom is -0.507 e. The van der Waals surface area contributed by atoms with Gasteiger partial charge in [0.2, 0.25) is 0 Å². The number of ether oxygens (including phenoxy) is 2. The van der Waals surface area contributed by atoms with Crippen LogP contribution in [0.3, 0.4) is 0 Å². The summed E-state index contributed by atoms with van der Waals surface area (Å²) in [4.78, 5) is 24.8. The molecule has 5 rings (SSSR count). The zero-order valence-corrected chi connectivity index (χ0v) is 29.6. The molecule has 0 aliphatic heterocycles. The summed E-state index contributed by atoms with van der Waals surface area (Å²) >= 11 is 0. The molecule has 2 N–H and O–H groups in total. The van der Waals surface area contributed by atoms with Gasteiger partial charge in [0.25, 0.3) is 0 Å². The number of phenols is 2. The van der Waals surface area contributed by atoms with Crippen LogP contribution >= 0.6 is 0 Å². The fourth-order valence-electron chi connectivity index (χ4n) is 5.60. The van der Waals surface area contributed by atoms with Crippen molar-refractivity contribution < 1.29 is 29.3 Å². The van der Waals surface area contributed by atoms with E-state index in [0.717, 1.165) is 12.0 Å². The molecule has 0 bridgehead atoms. The summed E-state index contributed by atoms with van der Waals surface area (Å²) in [5, 5.41) is 20.3. The lowest BCUT2D eigenvalue weighted by Crippen LogP contribution is -2.02. The maximum atomic E-state index is 12.4. The third-order valence-corrected chi connectivity index (χ3v) is 8.51. The summed E-state index contributed by atoms with van der Waals surface area (Å²) in [6.07, 6.45) is 12.9. The lowest BCUT2D eigenvalue weighted by Gasteiger charge is -2.09. The minimum absolute atomic E-state index is 0.0329. The molecule has 0 heterocycles. The van der Waals surface area contributed by atoms with Crippen LogP contribution in [0.25, 0.3) is 0 Å². The second-order valence-electron chi connectivity index (χ2n) is 12.6. The van der Waals surface area contributed by atoms with Gasteiger partial charge < -0.3 is 19.7 Å². The summed E-state index contributed by atoms with van der Waals surface area (Å²) in [7, 11) is 0. The third-order valence-electron chi connectivity index (χ3n) is 8.51. The van der Waals surface area contributed by atoms with Gasteiger partial charge in [-0.1, -0.05) is 156 Å². The molecule has 51 heavy (non-hydrogen) atoms. The number of aromatic hydroxyl groups is 2. The van der Waals surface area contributed by atoms with Crippen LogP contribution in [0, 0.1) is 0 Å². The Hall–Kier alpha value is -5.36. The second kappa shape index (κ2) is 21.7. The first-order valence-corrected chi connectivity index (χ1v) is 18.1. The first-order valence-electron chi connectivity index (χ1n) is 18.1. The molecule has 6 heteroatoms. The third kappa shape index (κ3) is 13.1. The number of hydrogen-bond acceptors (Lipinski definition) is 6. The molecule has 0 aromatic heterocycles. The molecular weight excluding hydrogens is 636 g/mol. The number of ketones is 2. The molecule has 0 radical (unpaired) electrons. The lowest BCUT2D eigenvalue weighted by atomic mass is 10.0. The summed E-state index contributed by atoms with van der Waals surface area (Å²) < 4.78 is 11.4. The van der Waals surface area contributed by atoms with Gasteiger partial charge in [-0.05, 0) is 36.2 Å². The minimum atomic E-state index is -0.210. The normalized spacial score (nSPS) is 10.5. The van der Waals surface area contributed by atoms with Crippen molar-refractivity contribution in [3.05, 3.63) is 155 Å². The maximum Gasteiger partial charge on any atom is 0.196 e. The van der Waals surface area contributed by atoms with Crippen molar-refractivity contribution in [2.24, 2.45) is 0 Å². The monoisotopic (exact) mass is 686 g/mol. The molecule has 0 unspecified atom stereocenters. The number of hydrogen-bond donors (Lipinski definition) is 2. The van der Waals surface area contributed by atoms with E-state index in [-0.39, 0.29) is 28.6 Å². The summed E-state index contributed by atoms with van der Waals surface area (Å²) in [5.41, 5.74) is 2.72. The zero-order chi connectivity index (χ0) is 36.1. The Morgan fingerprint density at radius 3 is 1.35 bits per heavy atom. The summed E-state index contributed by atoms with van der Waals surface area (Å²) in [6.45, 7) is 3.30. The highest BCUT2D eigenvalue weighted by molar-refractivity contribution is 6.11. The van der Waals surface area contributed by atoms with Gasteiger partial charge in [-0.3, -0.25) is 9.59 Å². The predicted octanol–water partition coefficient (Wildman–Crippen LogP) is 11.1. The molecule has 266 valence electrons. The number of carbonyl (C=O) groups is 2. The van der Waals surface area contributed by atoms with Crippen molar-refractivity contribution in [2.75, 3.05) is 6.61 Å².